The van der Waals surface area contributed by atoms with Gasteiger partial charge in [-0.25, -0.2) is 0 Å². The zero-order valence-electron chi connectivity index (χ0n) is 21.3. The van der Waals surface area contributed by atoms with Crippen LogP contribution in [0.1, 0.15) is 31.4 Å². The predicted molar refractivity (Wildman–Crippen MR) is 154 cm³/mol. The van der Waals surface area contributed by atoms with Gasteiger partial charge in [0.2, 0.25) is 0 Å². The van der Waals surface area contributed by atoms with E-state index < -0.39 is 0 Å². The molecule has 1 aromatic heterocycles. The molecular weight excluding hydrogens is 444 g/mol. The quantitative estimate of drug-likeness (QED) is 0.271. The fraction of sp³-hybridized carbons (Fsp3) is 0.167. The van der Waals surface area contributed by atoms with Crippen LogP contribution in [0, 0.1) is 0 Å². The molecule has 1 heterocycles. The van der Waals surface area contributed by atoms with Crippen LogP contribution in [0.2, 0.25) is 0 Å². The van der Waals surface area contributed by atoms with Crippen LogP contribution < -0.4 is 16.0 Å². The number of allylic oxidation sites excluding steroid dienone is 5. The maximum atomic E-state index is 5.77. The van der Waals surface area contributed by atoms with Crippen molar-refractivity contribution in [1.29, 1.82) is 0 Å². The molecule has 36 heavy (non-hydrogen) atoms. The Morgan fingerprint density at radius 1 is 1.19 bits per heavy atom. The Kier molecular flexibility index (Phi) is 7.44. The maximum absolute atomic E-state index is 5.77. The van der Waals surface area contributed by atoms with Gasteiger partial charge in [-0.05, 0) is 54.3 Å². The summed E-state index contributed by atoms with van der Waals surface area (Å²) < 4.78 is 0. The third kappa shape index (κ3) is 5.28. The minimum absolute atomic E-state index is 0.680. The minimum Gasteiger partial charge on any atom is -0.403 e. The van der Waals surface area contributed by atoms with Gasteiger partial charge in [0.15, 0.2) is 0 Å². The first-order chi connectivity index (χ1) is 17.4. The van der Waals surface area contributed by atoms with Crippen LogP contribution in [-0.2, 0) is 0 Å². The fourth-order valence-corrected chi connectivity index (χ4v) is 4.18. The minimum atomic E-state index is 0.680. The monoisotopic (exact) mass is 478 g/mol. The van der Waals surface area contributed by atoms with Crippen molar-refractivity contribution in [2.75, 3.05) is 23.8 Å². The Balaban J connectivity index is 1.54. The zero-order chi connectivity index (χ0) is 25.7. The Hall–Kier alpha value is -4.45. The summed E-state index contributed by atoms with van der Waals surface area (Å²) in [6.07, 6.45) is 14.5. The molecule has 0 fully saturated rings. The first kappa shape index (κ1) is 24.7. The highest BCUT2D eigenvalue weighted by atomic mass is 15.1. The number of benzene rings is 2. The molecular formula is C30H34N6. The van der Waals surface area contributed by atoms with Crippen molar-refractivity contribution < 1.29 is 0 Å². The van der Waals surface area contributed by atoms with Crippen molar-refractivity contribution in [2.24, 2.45) is 5.73 Å². The van der Waals surface area contributed by atoms with Crippen molar-refractivity contribution in [1.82, 2.24) is 15.1 Å². The predicted octanol–water partition coefficient (Wildman–Crippen LogP) is 6.59. The number of fused-ring (bicyclic) bond motifs is 1. The molecule has 0 unspecified atom stereocenters. The number of aromatic nitrogens is 2. The molecule has 184 valence electrons. The van der Waals surface area contributed by atoms with E-state index in [1.807, 2.05) is 17.3 Å². The van der Waals surface area contributed by atoms with E-state index in [4.69, 9.17) is 5.73 Å². The van der Waals surface area contributed by atoms with Gasteiger partial charge in [-0.3, -0.25) is 5.10 Å². The Morgan fingerprint density at radius 3 is 2.69 bits per heavy atom. The molecule has 0 amide bonds. The van der Waals surface area contributed by atoms with Crippen molar-refractivity contribution in [2.45, 2.75) is 20.3 Å². The van der Waals surface area contributed by atoms with Crippen LogP contribution in [0.25, 0.3) is 22.0 Å². The molecule has 0 spiro atoms. The normalized spacial score (nSPS) is 13.0. The molecule has 0 bridgehead atoms. The molecule has 2 aromatic carbocycles. The van der Waals surface area contributed by atoms with Crippen LogP contribution in [0.15, 0.2) is 104 Å². The number of aromatic amines is 1. The SMILES string of the molecule is C=C(Nc1ccc(N(C)CCC)c(C2=CC=C2)c1)C(=C)N(/C=C\N)/C=C(\C)c1ccc2cn[nH]c2c1. The molecule has 0 radical (unpaired) electrons. The van der Waals surface area contributed by atoms with Gasteiger partial charge in [-0.15, -0.1) is 0 Å². The highest BCUT2D eigenvalue weighted by molar-refractivity contribution is 5.89. The molecule has 1 aliphatic carbocycles. The molecule has 1 aliphatic rings. The van der Waals surface area contributed by atoms with Crippen LogP contribution in [0.5, 0.6) is 0 Å². The maximum Gasteiger partial charge on any atom is 0.0656 e. The summed E-state index contributed by atoms with van der Waals surface area (Å²) in [6.45, 7) is 13.8. The number of nitrogens with zero attached hydrogens (tertiary/aromatic N) is 3. The number of hydrogen-bond acceptors (Lipinski definition) is 5. The van der Waals surface area contributed by atoms with Gasteiger partial charge in [0.05, 0.1) is 23.1 Å². The van der Waals surface area contributed by atoms with Gasteiger partial charge in [-0.1, -0.05) is 50.4 Å². The molecule has 4 N–H and O–H groups in total. The van der Waals surface area contributed by atoms with Gasteiger partial charge < -0.3 is 20.9 Å². The average molecular weight is 479 g/mol. The molecule has 0 saturated carbocycles. The lowest BCUT2D eigenvalue weighted by Gasteiger charge is -2.25. The molecule has 4 rings (SSSR count). The lowest BCUT2D eigenvalue weighted by Crippen LogP contribution is -2.19. The molecule has 3 aromatic rings. The van der Waals surface area contributed by atoms with Crippen molar-refractivity contribution in [3.8, 4) is 0 Å². The van der Waals surface area contributed by atoms with E-state index in [9.17, 15) is 0 Å². The topological polar surface area (TPSA) is 73.2 Å². The van der Waals surface area contributed by atoms with E-state index in [-0.39, 0.29) is 0 Å². The lowest BCUT2D eigenvalue weighted by atomic mass is 9.96. The third-order valence-corrected chi connectivity index (χ3v) is 6.26. The highest BCUT2D eigenvalue weighted by Crippen LogP contribution is 2.34. The van der Waals surface area contributed by atoms with E-state index >= 15 is 0 Å². The largest absolute Gasteiger partial charge is 0.403 e. The number of hydrogen-bond donors (Lipinski definition) is 3. The summed E-state index contributed by atoms with van der Waals surface area (Å²) in [5.41, 5.74) is 14.8. The van der Waals surface area contributed by atoms with Gasteiger partial charge in [0, 0.05) is 54.5 Å². The second-order valence-corrected chi connectivity index (χ2v) is 8.92. The number of anilines is 2. The van der Waals surface area contributed by atoms with Crippen molar-refractivity contribution in [3.05, 3.63) is 115 Å². The van der Waals surface area contributed by atoms with Gasteiger partial charge in [0.1, 0.15) is 0 Å². The first-order valence-corrected chi connectivity index (χ1v) is 12.1. The standard InChI is InChI=1S/C30H34N6/c1-6-15-35(5)30-13-12-27(18-28(30)24-8-7-9-24)33-22(3)23(4)36(16-14-31)20-21(2)25-10-11-26-19-32-34-29(26)17-25/h7-14,16-20,33H,3-4,6,15,31H2,1-2,5H3,(H,32,34)/b16-14-,21-20+. The Morgan fingerprint density at radius 2 is 2.00 bits per heavy atom. The average Bonchev–Trinajstić information content (AvgIpc) is 3.30. The van der Waals surface area contributed by atoms with E-state index in [1.165, 1.54) is 23.0 Å². The summed E-state index contributed by atoms with van der Waals surface area (Å²) in [4.78, 5) is 4.17. The van der Waals surface area contributed by atoms with E-state index in [0.29, 0.717) is 11.4 Å². The second kappa shape index (κ2) is 10.9. The summed E-state index contributed by atoms with van der Waals surface area (Å²) in [5, 5.41) is 11.6. The van der Waals surface area contributed by atoms with Gasteiger partial charge in [-0.2, -0.15) is 5.10 Å². The van der Waals surface area contributed by atoms with Crippen molar-refractivity contribution in [3.63, 3.8) is 0 Å². The van der Waals surface area contributed by atoms with E-state index in [1.54, 1.807) is 6.20 Å². The molecule has 6 heteroatoms. The summed E-state index contributed by atoms with van der Waals surface area (Å²) in [6, 6.07) is 12.6. The molecule has 0 atom stereocenters. The number of H-pyrrole nitrogens is 1. The number of rotatable bonds is 11. The van der Waals surface area contributed by atoms with E-state index in [2.05, 4.69) is 109 Å². The summed E-state index contributed by atoms with van der Waals surface area (Å²) >= 11 is 0. The van der Waals surface area contributed by atoms with Crippen LogP contribution in [-0.4, -0.2) is 28.7 Å². The number of nitrogens with two attached hydrogens (primary N) is 1. The van der Waals surface area contributed by atoms with Gasteiger partial charge >= 0.3 is 0 Å². The molecule has 0 aliphatic heterocycles. The Labute approximate surface area is 213 Å². The fourth-order valence-electron chi connectivity index (χ4n) is 4.18. The highest BCUT2D eigenvalue weighted by Gasteiger charge is 2.14. The molecule has 6 nitrogen and oxygen atoms in total. The first-order valence-electron chi connectivity index (χ1n) is 12.1. The zero-order valence-corrected chi connectivity index (χ0v) is 21.3. The van der Waals surface area contributed by atoms with Gasteiger partial charge in [0.25, 0.3) is 0 Å². The van der Waals surface area contributed by atoms with E-state index in [0.717, 1.165) is 40.7 Å². The second-order valence-electron chi connectivity index (χ2n) is 8.92. The Bertz CT molecular complexity index is 1400. The molecule has 0 saturated heterocycles. The van der Waals surface area contributed by atoms with Crippen LogP contribution >= 0.6 is 0 Å². The third-order valence-electron chi connectivity index (χ3n) is 6.26. The van der Waals surface area contributed by atoms with Crippen molar-refractivity contribution >= 4 is 33.4 Å². The summed E-state index contributed by atoms with van der Waals surface area (Å²) in [5.74, 6) is 0. The number of nitrogens with one attached hydrogen (secondary N) is 2. The van der Waals surface area contributed by atoms with Crippen LogP contribution in [0.4, 0.5) is 11.4 Å². The smallest absolute Gasteiger partial charge is 0.0656 e. The summed E-state index contributed by atoms with van der Waals surface area (Å²) in [7, 11) is 2.13. The van der Waals surface area contributed by atoms with Crippen LogP contribution in [0.3, 0.4) is 0 Å². The lowest BCUT2D eigenvalue weighted by molar-refractivity contribution is 0.644.